The predicted octanol–water partition coefficient (Wildman–Crippen LogP) is 1.70. The minimum Gasteiger partial charge on any atom is -0.461 e. The van der Waals surface area contributed by atoms with Gasteiger partial charge in [0.2, 0.25) is 0 Å². The van der Waals surface area contributed by atoms with Gasteiger partial charge in [-0.3, -0.25) is 0 Å². The van der Waals surface area contributed by atoms with Crippen molar-refractivity contribution < 1.29 is 9.53 Å². The molecule has 1 rings (SSSR count). The van der Waals surface area contributed by atoms with Crippen molar-refractivity contribution in [1.29, 1.82) is 0 Å². The highest BCUT2D eigenvalue weighted by Crippen LogP contribution is 2.25. The molecule has 0 aliphatic rings. The molecule has 0 saturated heterocycles. The lowest BCUT2D eigenvalue weighted by molar-refractivity contribution is 0.0516. The number of aromatic nitrogens is 3. The number of carbonyl (C=O) groups excluding carboxylic acids is 1. The molecule has 0 spiro atoms. The Balaban J connectivity index is 2.98. The molecule has 114 valence electrons. The van der Waals surface area contributed by atoms with Crippen molar-refractivity contribution in [2.75, 3.05) is 27.2 Å². The first kappa shape index (κ1) is 16.6. The van der Waals surface area contributed by atoms with E-state index in [1.54, 1.807) is 6.92 Å². The number of hydrogen-bond donors (Lipinski definition) is 0. The number of carbonyl (C=O) groups is 1. The van der Waals surface area contributed by atoms with E-state index in [4.69, 9.17) is 4.74 Å². The van der Waals surface area contributed by atoms with Gasteiger partial charge in [-0.1, -0.05) is 26.0 Å². The average Bonchev–Trinajstić information content (AvgIpc) is 2.72. The number of nitrogens with zero attached hydrogens (tertiary/aromatic N) is 4. The Morgan fingerprint density at radius 1 is 1.35 bits per heavy atom. The third-order valence-electron chi connectivity index (χ3n) is 2.89. The van der Waals surface area contributed by atoms with Crippen molar-refractivity contribution in [2.24, 2.45) is 0 Å². The van der Waals surface area contributed by atoms with Gasteiger partial charge in [-0.25, -0.2) is 9.48 Å². The van der Waals surface area contributed by atoms with Crippen LogP contribution in [0.1, 0.15) is 50.3 Å². The zero-order valence-electron chi connectivity index (χ0n) is 13.4. The summed E-state index contributed by atoms with van der Waals surface area (Å²) in [5.74, 6) is -0.392. The van der Waals surface area contributed by atoms with Gasteiger partial charge in [-0.15, -0.1) is 5.10 Å². The van der Waals surface area contributed by atoms with Crippen LogP contribution in [-0.2, 0) is 16.7 Å². The molecule has 0 aromatic carbocycles. The average molecular weight is 282 g/mol. The standard InChI is InChI=1S/C14H26N4O2/c1-7-20-13(19)11-12(14(2,3)4)18(16-15-11)10-8-9-17(5)6/h7-10H2,1-6H3. The smallest absolute Gasteiger partial charge is 0.360 e. The maximum absolute atomic E-state index is 12.0. The normalized spacial score (nSPS) is 11.9. The molecule has 0 N–H and O–H groups in total. The summed E-state index contributed by atoms with van der Waals surface area (Å²) in [7, 11) is 4.08. The van der Waals surface area contributed by atoms with Crippen LogP contribution in [0.15, 0.2) is 0 Å². The number of rotatable bonds is 6. The van der Waals surface area contributed by atoms with E-state index in [-0.39, 0.29) is 5.41 Å². The van der Waals surface area contributed by atoms with Gasteiger partial charge in [-0.05, 0) is 34.0 Å². The summed E-state index contributed by atoms with van der Waals surface area (Å²) in [5, 5.41) is 8.15. The van der Waals surface area contributed by atoms with E-state index in [1.165, 1.54) is 0 Å². The SMILES string of the molecule is CCOC(=O)c1nnn(CCCN(C)C)c1C(C)(C)C. The molecule has 1 heterocycles. The summed E-state index contributed by atoms with van der Waals surface area (Å²) in [6, 6.07) is 0. The van der Waals surface area contributed by atoms with Gasteiger partial charge in [0.05, 0.1) is 12.3 Å². The molecule has 20 heavy (non-hydrogen) atoms. The zero-order valence-corrected chi connectivity index (χ0v) is 13.4. The summed E-state index contributed by atoms with van der Waals surface area (Å²) in [5.41, 5.74) is 0.975. The highest BCUT2D eigenvalue weighted by atomic mass is 16.5. The van der Waals surface area contributed by atoms with E-state index in [1.807, 2.05) is 18.8 Å². The maximum atomic E-state index is 12.0. The van der Waals surface area contributed by atoms with Gasteiger partial charge >= 0.3 is 5.97 Å². The molecule has 0 fully saturated rings. The molecule has 1 aromatic heterocycles. The van der Waals surface area contributed by atoms with Gasteiger partial charge in [0.15, 0.2) is 5.69 Å². The summed E-state index contributed by atoms with van der Waals surface area (Å²) in [6.45, 7) is 10.0. The van der Waals surface area contributed by atoms with Crippen molar-refractivity contribution in [3.63, 3.8) is 0 Å². The molecule has 0 aliphatic heterocycles. The minimum atomic E-state index is -0.392. The van der Waals surface area contributed by atoms with Crippen LogP contribution in [0.2, 0.25) is 0 Å². The lowest BCUT2D eigenvalue weighted by atomic mass is 9.90. The molecular formula is C14H26N4O2. The fraction of sp³-hybridized carbons (Fsp3) is 0.786. The van der Waals surface area contributed by atoms with Crippen LogP contribution in [0.3, 0.4) is 0 Å². The zero-order chi connectivity index (χ0) is 15.3. The molecule has 6 nitrogen and oxygen atoms in total. The van der Waals surface area contributed by atoms with E-state index < -0.39 is 5.97 Å². The fourth-order valence-electron chi connectivity index (χ4n) is 2.09. The van der Waals surface area contributed by atoms with E-state index >= 15 is 0 Å². The van der Waals surface area contributed by atoms with Crippen molar-refractivity contribution in [2.45, 2.75) is 46.1 Å². The first-order chi connectivity index (χ1) is 9.27. The van der Waals surface area contributed by atoms with Gasteiger partial charge in [0, 0.05) is 12.0 Å². The van der Waals surface area contributed by atoms with Crippen LogP contribution in [-0.4, -0.2) is 53.1 Å². The number of hydrogen-bond acceptors (Lipinski definition) is 5. The Kier molecular flexibility index (Phi) is 5.68. The summed E-state index contributed by atoms with van der Waals surface area (Å²) < 4.78 is 6.89. The van der Waals surface area contributed by atoms with Crippen LogP contribution >= 0.6 is 0 Å². The molecule has 0 radical (unpaired) electrons. The Morgan fingerprint density at radius 3 is 2.50 bits per heavy atom. The molecule has 0 saturated carbocycles. The molecule has 0 bridgehead atoms. The van der Waals surface area contributed by atoms with Gasteiger partial charge in [0.1, 0.15) is 0 Å². The first-order valence-corrected chi connectivity index (χ1v) is 7.03. The maximum Gasteiger partial charge on any atom is 0.360 e. The third-order valence-corrected chi connectivity index (χ3v) is 2.89. The molecule has 0 amide bonds. The van der Waals surface area contributed by atoms with Crippen molar-refractivity contribution in [3.05, 3.63) is 11.4 Å². The van der Waals surface area contributed by atoms with E-state index in [0.717, 1.165) is 25.2 Å². The highest BCUT2D eigenvalue weighted by Gasteiger charge is 2.29. The number of ether oxygens (including phenoxy) is 1. The Hall–Kier alpha value is -1.43. The second-order valence-electron chi connectivity index (χ2n) is 6.14. The number of esters is 1. The molecular weight excluding hydrogens is 256 g/mol. The van der Waals surface area contributed by atoms with Crippen molar-refractivity contribution in [1.82, 2.24) is 19.9 Å². The van der Waals surface area contributed by atoms with Crippen LogP contribution in [0.4, 0.5) is 0 Å². The quantitative estimate of drug-likeness (QED) is 0.743. The van der Waals surface area contributed by atoms with Gasteiger partial charge in [-0.2, -0.15) is 0 Å². The summed E-state index contributed by atoms with van der Waals surface area (Å²) in [6.07, 6.45) is 0.960. The topological polar surface area (TPSA) is 60.2 Å². The summed E-state index contributed by atoms with van der Waals surface area (Å²) in [4.78, 5) is 14.1. The lowest BCUT2D eigenvalue weighted by Gasteiger charge is -2.21. The number of aryl methyl sites for hydroxylation is 1. The van der Waals surface area contributed by atoms with Crippen LogP contribution in [0, 0.1) is 0 Å². The molecule has 0 aliphatic carbocycles. The molecule has 0 unspecified atom stereocenters. The van der Waals surface area contributed by atoms with Gasteiger partial charge in [0.25, 0.3) is 0 Å². The van der Waals surface area contributed by atoms with Crippen LogP contribution in [0.5, 0.6) is 0 Å². The van der Waals surface area contributed by atoms with Crippen molar-refractivity contribution in [3.8, 4) is 0 Å². The predicted molar refractivity (Wildman–Crippen MR) is 77.8 cm³/mol. The van der Waals surface area contributed by atoms with Gasteiger partial charge < -0.3 is 9.64 Å². The second kappa shape index (κ2) is 6.83. The summed E-state index contributed by atoms with van der Waals surface area (Å²) >= 11 is 0. The van der Waals surface area contributed by atoms with Crippen LogP contribution < -0.4 is 0 Å². The van der Waals surface area contributed by atoms with Crippen LogP contribution in [0.25, 0.3) is 0 Å². The van der Waals surface area contributed by atoms with Crippen molar-refractivity contribution >= 4 is 5.97 Å². The molecule has 1 aromatic rings. The lowest BCUT2D eigenvalue weighted by Crippen LogP contribution is -2.24. The third kappa shape index (κ3) is 4.30. The Labute approximate surface area is 121 Å². The largest absolute Gasteiger partial charge is 0.461 e. The first-order valence-electron chi connectivity index (χ1n) is 7.03. The van der Waals surface area contributed by atoms with E-state index in [0.29, 0.717) is 12.3 Å². The van der Waals surface area contributed by atoms with E-state index in [9.17, 15) is 4.79 Å². The Morgan fingerprint density at radius 2 is 2.00 bits per heavy atom. The Bertz CT molecular complexity index is 447. The highest BCUT2D eigenvalue weighted by molar-refractivity contribution is 5.88. The monoisotopic (exact) mass is 282 g/mol. The fourth-order valence-corrected chi connectivity index (χ4v) is 2.09. The second-order valence-corrected chi connectivity index (χ2v) is 6.14. The van der Waals surface area contributed by atoms with E-state index in [2.05, 4.69) is 36.0 Å². The molecule has 0 atom stereocenters. The minimum absolute atomic E-state index is 0.205. The molecule has 6 heteroatoms.